The van der Waals surface area contributed by atoms with Crippen LogP contribution in [0, 0.1) is 12.8 Å². The van der Waals surface area contributed by atoms with Crippen LogP contribution >= 0.6 is 23.2 Å². The molecule has 0 bridgehead atoms. The Kier molecular flexibility index (Phi) is 8.31. The molecule has 1 aromatic carbocycles. The maximum Gasteiger partial charge on any atom is 0.340 e. The van der Waals surface area contributed by atoms with Crippen LogP contribution in [0.3, 0.4) is 0 Å². The average Bonchev–Trinajstić information content (AvgIpc) is 3.51. The van der Waals surface area contributed by atoms with Crippen LogP contribution in [0.4, 0.5) is 10.2 Å². The van der Waals surface area contributed by atoms with E-state index in [1.165, 1.54) is 7.11 Å². The number of carbonyl (C=O) groups is 1. The first-order valence-electron chi connectivity index (χ1n) is 13.6. The van der Waals surface area contributed by atoms with Gasteiger partial charge in [-0.15, -0.1) is 0 Å². The third-order valence-corrected chi connectivity index (χ3v) is 8.87. The molecule has 0 aliphatic carbocycles. The Morgan fingerprint density at radius 2 is 2.05 bits per heavy atom. The van der Waals surface area contributed by atoms with Crippen LogP contribution in [-0.2, 0) is 9.53 Å². The molecular weight excluding hydrogens is 542 g/mol. The van der Waals surface area contributed by atoms with Crippen molar-refractivity contribution in [2.24, 2.45) is 5.92 Å². The van der Waals surface area contributed by atoms with E-state index in [0.29, 0.717) is 22.0 Å². The Morgan fingerprint density at radius 1 is 1.26 bits per heavy atom. The lowest BCUT2D eigenvalue weighted by Crippen LogP contribution is -2.52. The molecule has 2 saturated heterocycles. The fourth-order valence-corrected chi connectivity index (χ4v) is 6.85. The van der Waals surface area contributed by atoms with Gasteiger partial charge in [0.15, 0.2) is 11.8 Å². The van der Waals surface area contributed by atoms with Crippen molar-refractivity contribution in [3.05, 3.63) is 45.7 Å². The van der Waals surface area contributed by atoms with Crippen LogP contribution < -0.4 is 4.90 Å². The van der Waals surface area contributed by atoms with Crippen molar-refractivity contribution in [1.82, 2.24) is 24.6 Å². The van der Waals surface area contributed by atoms with E-state index in [9.17, 15) is 9.18 Å². The molecule has 2 aliphatic heterocycles. The number of rotatable bonds is 7. The van der Waals surface area contributed by atoms with Crippen molar-refractivity contribution in [2.75, 3.05) is 31.6 Å². The number of aromatic nitrogens is 4. The maximum atomic E-state index is 14.4. The molecule has 2 fully saturated rings. The number of halogens is 3. The second kappa shape index (κ2) is 11.6. The molecule has 39 heavy (non-hydrogen) atoms. The van der Waals surface area contributed by atoms with Crippen LogP contribution in [0.1, 0.15) is 56.8 Å². The fourth-order valence-electron chi connectivity index (χ4n) is 6.28. The van der Waals surface area contributed by atoms with Gasteiger partial charge in [-0.1, -0.05) is 36.2 Å². The summed E-state index contributed by atoms with van der Waals surface area (Å²) >= 11 is 12.6. The van der Waals surface area contributed by atoms with Crippen LogP contribution in [-0.4, -0.2) is 75.6 Å². The van der Waals surface area contributed by atoms with Gasteiger partial charge >= 0.3 is 5.97 Å². The molecule has 210 valence electrons. The predicted octanol–water partition coefficient (Wildman–Crippen LogP) is 5.63. The Bertz CT molecular complexity index is 1350. The van der Waals surface area contributed by atoms with Gasteiger partial charge in [-0.25, -0.2) is 23.8 Å². The van der Waals surface area contributed by atoms with Crippen molar-refractivity contribution in [3.63, 3.8) is 0 Å². The SMILES string of the molecule is COC(=O)C(F)C[C@@H]1CCCN1C1CCN(c2cnc3c(C)nn(C(C)c4ccc(Cl)cc4Cl)c3n2)CC1C. The van der Waals surface area contributed by atoms with Crippen molar-refractivity contribution < 1.29 is 13.9 Å². The summed E-state index contributed by atoms with van der Waals surface area (Å²) in [5.74, 6) is 0.378. The minimum Gasteiger partial charge on any atom is -0.467 e. The van der Waals surface area contributed by atoms with Crippen LogP contribution in [0.5, 0.6) is 0 Å². The molecule has 0 radical (unpaired) electrons. The quantitative estimate of drug-likeness (QED) is 0.337. The van der Waals surface area contributed by atoms with Gasteiger partial charge in [-0.05, 0) is 63.3 Å². The number of methoxy groups -OCH3 is 1. The van der Waals surface area contributed by atoms with E-state index in [1.807, 2.05) is 36.9 Å². The second-order valence-electron chi connectivity index (χ2n) is 10.8. The number of fused-ring (bicyclic) bond motifs is 1. The molecule has 2 aromatic heterocycles. The Morgan fingerprint density at radius 3 is 2.77 bits per heavy atom. The minimum absolute atomic E-state index is 0.0627. The Labute approximate surface area is 238 Å². The van der Waals surface area contributed by atoms with E-state index in [2.05, 4.69) is 21.5 Å². The summed E-state index contributed by atoms with van der Waals surface area (Å²) in [6.07, 6.45) is 3.31. The fraction of sp³-hybridized carbons (Fsp3) is 0.571. The molecule has 5 atom stereocenters. The van der Waals surface area contributed by atoms with Gasteiger partial charge in [0.25, 0.3) is 0 Å². The highest BCUT2D eigenvalue weighted by Crippen LogP contribution is 2.34. The zero-order valence-corrected chi connectivity index (χ0v) is 24.3. The van der Waals surface area contributed by atoms with E-state index in [1.54, 1.807) is 6.07 Å². The summed E-state index contributed by atoms with van der Waals surface area (Å²) in [6, 6.07) is 5.72. The Hall–Kier alpha value is -2.49. The Balaban J connectivity index is 1.34. The standard InChI is InChI=1S/C28H35Cl2FN6O2/c1-16-15-35(11-9-24(16)36-10-5-6-20(36)13-23(31)28(38)39-4)25-14-32-26-17(2)34-37(27(26)33-25)18(3)21-8-7-19(29)12-22(21)30/h7-8,12,14,16,18,20,23-24H,5-6,9-11,13,15H2,1-4H3/t16?,18?,20-,23?,24?/m0/s1. The third kappa shape index (κ3) is 5.58. The maximum absolute atomic E-state index is 14.4. The number of hydrogen-bond acceptors (Lipinski definition) is 7. The molecule has 0 spiro atoms. The predicted molar refractivity (Wildman–Crippen MR) is 151 cm³/mol. The van der Waals surface area contributed by atoms with Gasteiger partial charge in [0.1, 0.15) is 11.3 Å². The number of nitrogens with zero attached hydrogens (tertiary/aromatic N) is 6. The normalized spacial score (nSPS) is 23.8. The molecule has 2 aliphatic rings. The number of anilines is 1. The van der Waals surface area contributed by atoms with Gasteiger partial charge in [0.05, 0.1) is 25.0 Å². The van der Waals surface area contributed by atoms with E-state index in [4.69, 9.17) is 38.3 Å². The number of ether oxygens (including phenoxy) is 1. The van der Waals surface area contributed by atoms with Crippen molar-refractivity contribution in [3.8, 4) is 0 Å². The van der Waals surface area contributed by atoms with E-state index < -0.39 is 12.1 Å². The lowest BCUT2D eigenvalue weighted by atomic mass is 9.91. The number of aryl methyl sites for hydroxylation is 1. The van der Waals surface area contributed by atoms with Crippen LogP contribution in [0.25, 0.3) is 11.2 Å². The largest absolute Gasteiger partial charge is 0.467 e. The van der Waals surface area contributed by atoms with Crippen LogP contribution in [0.2, 0.25) is 10.0 Å². The van der Waals surface area contributed by atoms with Gasteiger partial charge < -0.3 is 9.64 Å². The molecule has 11 heteroatoms. The molecule has 5 rings (SSSR count). The van der Waals surface area contributed by atoms with Gasteiger partial charge in [0, 0.05) is 41.6 Å². The highest BCUT2D eigenvalue weighted by molar-refractivity contribution is 6.35. The minimum atomic E-state index is -1.57. The summed E-state index contributed by atoms with van der Waals surface area (Å²) in [4.78, 5) is 26.1. The van der Waals surface area contributed by atoms with Gasteiger partial charge in [-0.2, -0.15) is 5.10 Å². The topological polar surface area (TPSA) is 76.4 Å². The lowest BCUT2D eigenvalue weighted by Gasteiger charge is -2.44. The van der Waals surface area contributed by atoms with Crippen molar-refractivity contribution in [1.29, 1.82) is 0 Å². The van der Waals surface area contributed by atoms with Gasteiger partial charge in [0.2, 0.25) is 0 Å². The number of carbonyl (C=O) groups excluding carboxylic acids is 1. The molecule has 0 amide bonds. The third-order valence-electron chi connectivity index (χ3n) is 8.31. The first-order chi connectivity index (χ1) is 18.7. The first-order valence-corrected chi connectivity index (χ1v) is 14.3. The molecule has 3 aromatic rings. The van der Waals surface area contributed by atoms with E-state index in [-0.39, 0.29) is 18.5 Å². The molecule has 4 unspecified atom stereocenters. The van der Waals surface area contributed by atoms with E-state index >= 15 is 0 Å². The lowest BCUT2D eigenvalue weighted by molar-refractivity contribution is -0.147. The molecule has 0 saturated carbocycles. The smallest absolute Gasteiger partial charge is 0.340 e. The number of benzene rings is 1. The zero-order chi connectivity index (χ0) is 27.8. The summed E-state index contributed by atoms with van der Waals surface area (Å²) < 4.78 is 20.9. The van der Waals surface area contributed by atoms with E-state index in [0.717, 1.165) is 67.1 Å². The monoisotopic (exact) mass is 576 g/mol. The molecule has 4 heterocycles. The number of likely N-dealkylation sites (tertiary alicyclic amines) is 1. The number of esters is 1. The van der Waals surface area contributed by atoms with Gasteiger partial charge in [-0.3, -0.25) is 4.90 Å². The highest BCUT2D eigenvalue weighted by atomic mass is 35.5. The van der Waals surface area contributed by atoms with Crippen LogP contribution in [0.15, 0.2) is 24.4 Å². The number of piperidine rings is 1. The number of alkyl halides is 1. The summed E-state index contributed by atoms with van der Waals surface area (Å²) in [6.45, 7) is 8.78. The van der Waals surface area contributed by atoms with Crippen molar-refractivity contribution >= 4 is 46.2 Å². The zero-order valence-electron chi connectivity index (χ0n) is 22.8. The first kappa shape index (κ1) is 28.1. The average molecular weight is 578 g/mol. The van der Waals surface area contributed by atoms with Crippen molar-refractivity contribution in [2.45, 2.75) is 70.8 Å². The molecule has 0 N–H and O–H groups in total. The summed E-state index contributed by atoms with van der Waals surface area (Å²) in [7, 11) is 1.24. The summed E-state index contributed by atoms with van der Waals surface area (Å²) in [5.41, 5.74) is 3.21. The molecule has 8 nitrogen and oxygen atoms in total. The highest BCUT2D eigenvalue weighted by Gasteiger charge is 2.39. The summed E-state index contributed by atoms with van der Waals surface area (Å²) in [5, 5.41) is 5.93. The molecular formula is C28H35Cl2FN6O2. The number of hydrogen-bond donors (Lipinski definition) is 0. The second-order valence-corrected chi connectivity index (χ2v) is 11.7.